The van der Waals surface area contributed by atoms with Gasteiger partial charge in [0.15, 0.2) is 0 Å². The standard InChI is InChI=1S/C8H19O2P/c1-5-7(3)11(9,10)8(4)6-2/h7-8H,5-6H2,1-4H3,(H,9,10). The Morgan fingerprint density at radius 2 is 1.45 bits per heavy atom. The van der Waals surface area contributed by atoms with Crippen LogP contribution in [0.5, 0.6) is 0 Å². The largest absolute Gasteiger partial charge is 0.344 e. The fraction of sp³-hybridized carbons (Fsp3) is 1.00. The summed E-state index contributed by atoms with van der Waals surface area (Å²) in [7, 11) is -2.87. The summed E-state index contributed by atoms with van der Waals surface area (Å²) < 4.78 is 11.6. The van der Waals surface area contributed by atoms with Crippen LogP contribution in [0, 0.1) is 0 Å². The van der Waals surface area contributed by atoms with Gasteiger partial charge in [0, 0.05) is 11.3 Å². The second-order valence-corrected chi connectivity index (χ2v) is 6.30. The SMILES string of the molecule is CCC(C)P(=O)(O)C(C)CC. The van der Waals surface area contributed by atoms with E-state index in [9.17, 15) is 9.46 Å². The summed E-state index contributed by atoms with van der Waals surface area (Å²) in [4.78, 5) is 9.61. The van der Waals surface area contributed by atoms with Gasteiger partial charge in [-0.1, -0.05) is 27.7 Å². The van der Waals surface area contributed by atoms with Gasteiger partial charge >= 0.3 is 0 Å². The summed E-state index contributed by atoms with van der Waals surface area (Å²) >= 11 is 0. The zero-order valence-corrected chi connectivity index (χ0v) is 8.77. The van der Waals surface area contributed by atoms with Crippen molar-refractivity contribution in [3.63, 3.8) is 0 Å². The molecule has 68 valence electrons. The van der Waals surface area contributed by atoms with E-state index in [0.29, 0.717) is 0 Å². The molecule has 0 aliphatic carbocycles. The first-order valence-corrected chi connectivity index (χ1v) is 6.08. The first-order chi connectivity index (χ1) is 4.96. The predicted octanol–water partition coefficient (Wildman–Crippen LogP) is 2.85. The maximum atomic E-state index is 11.6. The van der Waals surface area contributed by atoms with E-state index in [1.54, 1.807) is 0 Å². The molecule has 2 atom stereocenters. The maximum Gasteiger partial charge on any atom is 0.206 e. The van der Waals surface area contributed by atoms with Crippen molar-refractivity contribution in [1.29, 1.82) is 0 Å². The highest BCUT2D eigenvalue weighted by molar-refractivity contribution is 7.59. The highest BCUT2D eigenvalue weighted by atomic mass is 31.2. The number of rotatable bonds is 4. The molecule has 0 rings (SSSR count). The van der Waals surface area contributed by atoms with E-state index in [1.165, 1.54) is 0 Å². The third-order valence-corrected chi connectivity index (χ3v) is 5.70. The average Bonchev–Trinajstić information content (AvgIpc) is 2.01. The van der Waals surface area contributed by atoms with Crippen LogP contribution in [-0.4, -0.2) is 16.2 Å². The first-order valence-electron chi connectivity index (χ1n) is 4.28. The zero-order valence-electron chi connectivity index (χ0n) is 7.87. The topological polar surface area (TPSA) is 37.3 Å². The van der Waals surface area contributed by atoms with Crippen LogP contribution in [0.15, 0.2) is 0 Å². The van der Waals surface area contributed by atoms with Gasteiger partial charge in [0.2, 0.25) is 7.37 Å². The molecule has 0 aliphatic heterocycles. The van der Waals surface area contributed by atoms with Gasteiger partial charge in [-0.25, -0.2) is 0 Å². The molecule has 0 aromatic rings. The Morgan fingerprint density at radius 3 is 1.64 bits per heavy atom. The second kappa shape index (κ2) is 4.27. The molecule has 0 aromatic carbocycles. The van der Waals surface area contributed by atoms with Gasteiger partial charge in [0.1, 0.15) is 0 Å². The number of hydrogen-bond donors (Lipinski definition) is 1. The lowest BCUT2D eigenvalue weighted by Crippen LogP contribution is -2.11. The van der Waals surface area contributed by atoms with Gasteiger partial charge in [-0.3, -0.25) is 4.57 Å². The van der Waals surface area contributed by atoms with Crippen molar-refractivity contribution >= 4 is 7.37 Å². The molecule has 2 nitrogen and oxygen atoms in total. The van der Waals surface area contributed by atoms with Crippen molar-refractivity contribution in [2.75, 3.05) is 0 Å². The monoisotopic (exact) mass is 178 g/mol. The van der Waals surface area contributed by atoms with Gasteiger partial charge in [0.25, 0.3) is 0 Å². The smallest absolute Gasteiger partial charge is 0.206 e. The van der Waals surface area contributed by atoms with Gasteiger partial charge in [-0.15, -0.1) is 0 Å². The third kappa shape index (κ3) is 2.61. The molecule has 0 aliphatic rings. The third-order valence-electron chi connectivity index (χ3n) is 2.44. The van der Waals surface area contributed by atoms with Crippen molar-refractivity contribution in [3.8, 4) is 0 Å². The van der Waals surface area contributed by atoms with Crippen molar-refractivity contribution in [2.45, 2.75) is 51.9 Å². The van der Waals surface area contributed by atoms with Crippen LogP contribution in [0.4, 0.5) is 0 Å². The van der Waals surface area contributed by atoms with Crippen molar-refractivity contribution in [2.24, 2.45) is 0 Å². The molecule has 0 aromatic heterocycles. The van der Waals surface area contributed by atoms with Gasteiger partial charge in [-0.05, 0) is 12.8 Å². The van der Waals surface area contributed by atoms with Crippen LogP contribution in [0.3, 0.4) is 0 Å². The highest BCUT2D eigenvalue weighted by Crippen LogP contribution is 2.53. The van der Waals surface area contributed by atoms with Crippen LogP contribution in [0.1, 0.15) is 40.5 Å². The summed E-state index contributed by atoms with van der Waals surface area (Å²) in [6, 6.07) is 0. The van der Waals surface area contributed by atoms with Crippen LogP contribution >= 0.6 is 7.37 Å². The van der Waals surface area contributed by atoms with E-state index in [1.807, 2.05) is 27.7 Å². The highest BCUT2D eigenvalue weighted by Gasteiger charge is 2.30. The summed E-state index contributed by atoms with van der Waals surface area (Å²) in [5, 5.41) is 0. The molecule has 0 spiro atoms. The summed E-state index contributed by atoms with van der Waals surface area (Å²) in [5.41, 5.74) is -0.0881. The normalized spacial score (nSPS) is 22.3. The minimum Gasteiger partial charge on any atom is -0.344 e. The van der Waals surface area contributed by atoms with Gasteiger partial charge in [0.05, 0.1) is 0 Å². The minimum atomic E-state index is -2.87. The molecule has 0 bridgehead atoms. The van der Waals surface area contributed by atoms with Crippen LogP contribution < -0.4 is 0 Å². The quantitative estimate of drug-likeness (QED) is 0.672. The van der Waals surface area contributed by atoms with Gasteiger partial charge < -0.3 is 4.89 Å². The fourth-order valence-electron chi connectivity index (χ4n) is 0.958. The zero-order chi connectivity index (χ0) is 9.07. The lowest BCUT2D eigenvalue weighted by atomic mass is 10.4. The van der Waals surface area contributed by atoms with Crippen molar-refractivity contribution < 1.29 is 9.46 Å². The Labute approximate surface area is 69.5 Å². The van der Waals surface area contributed by atoms with E-state index in [0.717, 1.165) is 12.8 Å². The Morgan fingerprint density at radius 1 is 1.18 bits per heavy atom. The molecule has 0 heterocycles. The predicted molar refractivity (Wildman–Crippen MR) is 49.3 cm³/mol. The maximum absolute atomic E-state index is 11.6. The fourth-order valence-corrected chi connectivity index (χ4v) is 2.87. The van der Waals surface area contributed by atoms with E-state index >= 15 is 0 Å². The summed E-state index contributed by atoms with van der Waals surface area (Å²) in [6.45, 7) is 7.62. The lowest BCUT2D eigenvalue weighted by Gasteiger charge is -2.23. The lowest BCUT2D eigenvalue weighted by molar-refractivity contribution is 0.449. The molecule has 0 radical (unpaired) electrons. The van der Waals surface area contributed by atoms with E-state index in [4.69, 9.17) is 0 Å². The molecule has 11 heavy (non-hydrogen) atoms. The molecule has 0 fully saturated rings. The molecule has 3 heteroatoms. The number of hydrogen-bond acceptors (Lipinski definition) is 1. The summed E-state index contributed by atoms with van der Waals surface area (Å²) in [6.07, 6.45) is 1.58. The Hall–Kier alpha value is 0.190. The molecule has 0 saturated heterocycles. The van der Waals surface area contributed by atoms with Gasteiger partial charge in [-0.2, -0.15) is 0 Å². The van der Waals surface area contributed by atoms with Crippen molar-refractivity contribution in [3.05, 3.63) is 0 Å². The van der Waals surface area contributed by atoms with E-state index in [2.05, 4.69) is 0 Å². The molecular formula is C8H19O2P. The van der Waals surface area contributed by atoms with Crippen LogP contribution in [0.2, 0.25) is 0 Å². The van der Waals surface area contributed by atoms with Crippen LogP contribution in [-0.2, 0) is 4.57 Å². The van der Waals surface area contributed by atoms with E-state index in [-0.39, 0.29) is 11.3 Å². The molecular weight excluding hydrogens is 159 g/mol. The van der Waals surface area contributed by atoms with Crippen molar-refractivity contribution in [1.82, 2.24) is 0 Å². The second-order valence-electron chi connectivity index (χ2n) is 3.19. The average molecular weight is 178 g/mol. The molecule has 0 amide bonds. The minimum absolute atomic E-state index is 0.0440. The molecule has 1 N–H and O–H groups in total. The van der Waals surface area contributed by atoms with Crippen LogP contribution in [0.25, 0.3) is 0 Å². The Bertz CT molecular complexity index is 142. The molecule has 2 unspecified atom stereocenters. The Balaban J connectivity index is 4.32. The van der Waals surface area contributed by atoms with E-state index < -0.39 is 7.37 Å². The first kappa shape index (κ1) is 11.2. The summed E-state index contributed by atoms with van der Waals surface area (Å²) in [5.74, 6) is 0. The Kier molecular flexibility index (Phi) is 4.35. The molecule has 0 saturated carbocycles.